The van der Waals surface area contributed by atoms with Crippen LogP contribution in [0.2, 0.25) is 10.0 Å². The van der Waals surface area contributed by atoms with E-state index in [2.05, 4.69) is 5.32 Å². The highest BCUT2D eigenvalue weighted by Crippen LogP contribution is 2.29. The average molecular weight is 650 g/mol. The monoisotopic (exact) mass is 648 g/mol. The zero-order valence-electron chi connectivity index (χ0n) is 24.3. The lowest BCUT2D eigenvalue weighted by atomic mass is 10.0. The first-order valence-electron chi connectivity index (χ1n) is 13.4. The van der Waals surface area contributed by atoms with Crippen LogP contribution in [-0.2, 0) is 32.6 Å². The molecule has 0 aromatic heterocycles. The molecule has 0 spiro atoms. The van der Waals surface area contributed by atoms with Gasteiger partial charge in [0.05, 0.1) is 26.9 Å². The molecule has 2 amide bonds. The normalized spacial score (nSPS) is 12.1. The maximum absolute atomic E-state index is 14.2. The summed E-state index contributed by atoms with van der Waals surface area (Å²) in [7, 11) is -4.10. The fraction of sp³-hybridized carbons (Fsp3) is 0.333. The second-order valence-electron chi connectivity index (χ2n) is 10.6. The lowest BCUT2D eigenvalue weighted by molar-refractivity contribution is -0.384. The van der Waals surface area contributed by atoms with Crippen molar-refractivity contribution in [2.75, 3.05) is 23.7 Å². The topological polar surface area (TPSA) is 130 Å². The third-order valence-corrected chi connectivity index (χ3v) is 8.51. The van der Waals surface area contributed by atoms with Crippen molar-refractivity contribution in [1.29, 1.82) is 0 Å². The SMILES string of the molecule is Cc1ccc([N+](=O)[O-])cc1N(CC(=O)N(Cc1ccc(Cl)c(Cl)c1)[C@H](Cc1ccccc1)C(=O)NCC(C)C)S(C)(=O)=O. The number of nitrogens with zero attached hydrogens (tertiary/aromatic N) is 3. The number of sulfonamides is 1. The van der Waals surface area contributed by atoms with Gasteiger partial charge in [0.1, 0.15) is 12.6 Å². The number of carbonyl (C=O) groups excluding carboxylic acids is 2. The number of benzene rings is 3. The van der Waals surface area contributed by atoms with Gasteiger partial charge in [-0.15, -0.1) is 0 Å². The molecule has 0 aliphatic rings. The number of halogens is 2. The fourth-order valence-electron chi connectivity index (χ4n) is 4.39. The van der Waals surface area contributed by atoms with Crippen molar-refractivity contribution in [2.45, 2.75) is 39.8 Å². The standard InChI is InChI=1S/C30H34Cl2N4O6S/c1-20(2)17-33-30(38)28(15-22-8-6-5-7-9-22)34(18-23-11-13-25(31)26(32)14-23)29(37)19-35(43(4,41)42)27-16-24(36(39)40)12-10-21(27)3/h5-14,16,20,28H,15,17-19H2,1-4H3,(H,33,38)/t28-/m1/s1. The molecule has 0 unspecified atom stereocenters. The Bertz CT molecular complexity index is 1580. The van der Waals surface area contributed by atoms with Crippen LogP contribution in [0.15, 0.2) is 66.7 Å². The van der Waals surface area contributed by atoms with Crippen LogP contribution < -0.4 is 9.62 Å². The summed E-state index contributed by atoms with van der Waals surface area (Å²) in [6.45, 7) is 5.04. The fourth-order valence-corrected chi connectivity index (χ4v) is 5.61. The summed E-state index contributed by atoms with van der Waals surface area (Å²) in [5, 5.41) is 14.9. The summed E-state index contributed by atoms with van der Waals surface area (Å²) in [4.78, 5) is 40.0. The van der Waals surface area contributed by atoms with Crippen LogP contribution in [-0.4, -0.2) is 55.4 Å². The van der Waals surface area contributed by atoms with Gasteiger partial charge in [-0.25, -0.2) is 8.42 Å². The molecule has 10 nitrogen and oxygen atoms in total. The second kappa shape index (κ2) is 14.7. The minimum absolute atomic E-state index is 0.0107. The molecular weight excluding hydrogens is 615 g/mol. The van der Waals surface area contributed by atoms with Crippen molar-refractivity contribution in [3.05, 3.63) is 104 Å². The van der Waals surface area contributed by atoms with Crippen LogP contribution >= 0.6 is 23.2 Å². The molecule has 3 aromatic rings. The molecule has 3 rings (SSSR count). The van der Waals surface area contributed by atoms with Crippen LogP contribution in [0.5, 0.6) is 0 Å². The van der Waals surface area contributed by atoms with Gasteiger partial charge in [0.2, 0.25) is 21.8 Å². The van der Waals surface area contributed by atoms with Crippen LogP contribution in [0.1, 0.15) is 30.5 Å². The summed E-state index contributed by atoms with van der Waals surface area (Å²) in [6, 6.07) is 16.7. The number of rotatable bonds is 13. The van der Waals surface area contributed by atoms with E-state index in [1.54, 1.807) is 25.1 Å². The molecule has 43 heavy (non-hydrogen) atoms. The molecule has 0 bridgehead atoms. The van der Waals surface area contributed by atoms with E-state index in [1.165, 1.54) is 17.0 Å². The Labute approximate surface area is 261 Å². The van der Waals surface area contributed by atoms with E-state index in [0.717, 1.165) is 22.2 Å². The van der Waals surface area contributed by atoms with Crippen LogP contribution in [0.25, 0.3) is 0 Å². The molecule has 1 atom stereocenters. The third kappa shape index (κ3) is 9.41. The highest BCUT2D eigenvalue weighted by Gasteiger charge is 2.34. The number of non-ortho nitro benzene ring substituents is 1. The van der Waals surface area contributed by atoms with Crippen LogP contribution in [0, 0.1) is 23.0 Å². The van der Waals surface area contributed by atoms with E-state index >= 15 is 0 Å². The van der Waals surface area contributed by atoms with Crippen molar-refractivity contribution in [2.24, 2.45) is 5.92 Å². The Balaban J connectivity index is 2.12. The van der Waals surface area contributed by atoms with Gasteiger partial charge in [-0.2, -0.15) is 0 Å². The number of carbonyl (C=O) groups is 2. The van der Waals surface area contributed by atoms with Gasteiger partial charge in [-0.1, -0.05) is 79.5 Å². The molecule has 3 aromatic carbocycles. The Morgan fingerprint density at radius 3 is 2.23 bits per heavy atom. The van der Waals surface area contributed by atoms with E-state index in [9.17, 15) is 28.1 Å². The summed E-state index contributed by atoms with van der Waals surface area (Å²) >= 11 is 12.4. The number of nitro groups is 1. The van der Waals surface area contributed by atoms with Crippen LogP contribution in [0.3, 0.4) is 0 Å². The lowest BCUT2D eigenvalue weighted by Crippen LogP contribution is -2.53. The van der Waals surface area contributed by atoms with E-state index in [4.69, 9.17) is 23.2 Å². The number of aryl methyl sites for hydroxylation is 1. The third-order valence-electron chi connectivity index (χ3n) is 6.64. The smallest absolute Gasteiger partial charge is 0.271 e. The summed E-state index contributed by atoms with van der Waals surface area (Å²) < 4.78 is 26.8. The Hall–Kier alpha value is -3.67. The Morgan fingerprint density at radius 1 is 0.977 bits per heavy atom. The van der Waals surface area contributed by atoms with Gasteiger partial charge in [0, 0.05) is 31.6 Å². The Kier molecular flexibility index (Phi) is 11.5. The van der Waals surface area contributed by atoms with E-state index < -0.39 is 39.3 Å². The first kappa shape index (κ1) is 33.8. The Morgan fingerprint density at radius 2 is 1.65 bits per heavy atom. The van der Waals surface area contributed by atoms with E-state index in [0.29, 0.717) is 22.7 Å². The first-order chi connectivity index (χ1) is 20.2. The molecule has 1 N–H and O–H groups in total. The summed E-state index contributed by atoms with van der Waals surface area (Å²) in [5.41, 5.74) is 1.42. The largest absolute Gasteiger partial charge is 0.354 e. The molecule has 0 aliphatic carbocycles. The van der Waals surface area contributed by atoms with Crippen LogP contribution in [0.4, 0.5) is 11.4 Å². The van der Waals surface area contributed by atoms with Crippen molar-refractivity contribution in [1.82, 2.24) is 10.2 Å². The number of hydrogen-bond acceptors (Lipinski definition) is 6. The minimum Gasteiger partial charge on any atom is -0.354 e. The first-order valence-corrected chi connectivity index (χ1v) is 16.1. The zero-order valence-corrected chi connectivity index (χ0v) is 26.6. The highest BCUT2D eigenvalue weighted by molar-refractivity contribution is 7.92. The minimum atomic E-state index is -4.10. The van der Waals surface area contributed by atoms with Crippen molar-refractivity contribution < 1.29 is 22.9 Å². The number of hydrogen-bond donors (Lipinski definition) is 1. The van der Waals surface area contributed by atoms with Crippen molar-refractivity contribution in [3.8, 4) is 0 Å². The molecule has 0 aliphatic heterocycles. The molecule has 0 saturated carbocycles. The number of nitrogens with one attached hydrogen (secondary N) is 1. The number of amides is 2. The van der Waals surface area contributed by atoms with Gasteiger partial charge in [-0.05, 0) is 41.7 Å². The summed E-state index contributed by atoms with van der Waals surface area (Å²) in [5.74, 6) is -0.968. The van der Waals surface area contributed by atoms with Crippen molar-refractivity contribution in [3.63, 3.8) is 0 Å². The lowest BCUT2D eigenvalue weighted by Gasteiger charge is -2.34. The second-order valence-corrected chi connectivity index (χ2v) is 13.3. The molecule has 230 valence electrons. The summed E-state index contributed by atoms with van der Waals surface area (Å²) in [6.07, 6.45) is 1.06. The van der Waals surface area contributed by atoms with E-state index in [-0.39, 0.29) is 35.3 Å². The maximum Gasteiger partial charge on any atom is 0.271 e. The molecule has 13 heteroatoms. The van der Waals surface area contributed by atoms with Gasteiger partial charge in [0.25, 0.3) is 5.69 Å². The molecule has 0 heterocycles. The van der Waals surface area contributed by atoms with Gasteiger partial charge in [-0.3, -0.25) is 24.0 Å². The zero-order chi connectivity index (χ0) is 31.9. The van der Waals surface area contributed by atoms with Gasteiger partial charge < -0.3 is 10.2 Å². The molecular formula is C30H34Cl2N4O6S. The van der Waals surface area contributed by atoms with Crippen molar-refractivity contribution >= 4 is 56.4 Å². The maximum atomic E-state index is 14.2. The van der Waals surface area contributed by atoms with Gasteiger partial charge >= 0.3 is 0 Å². The average Bonchev–Trinajstić information content (AvgIpc) is 2.94. The molecule has 0 fully saturated rings. The van der Waals surface area contributed by atoms with E-state index in [1.807, 2.05) is 44.2 Å². The molecule has 0 radical (unpaired) electrons. The molecule has 0 saturated heterocycles. The quantitative estimate of drug-likeness (QED) is 0.195. The predicted molar refractivity (Wildman–Crippen MR) is 169 cm³/mol. The number of anilines is 1. The predicted octanol–water partition coefficient (Wildman–Crippen LogP) is 5.39. The number of nitro benzene ring substituents is 1. The van der Waals surface area contributed by atoms with Gasteiger partial charge in [0.15, 0.2) is 0 Å². The highest BCUT2D eigenvalue weighted by atomic mass is 35.5.